The van der Waals surface area contributed by atoms with Crippen LogP contribution < -0.4 is 9.64 Å². The predicted octanol–water partition coefficient (Wildman–Crippen LogP) is 5.85. The fourth-order valence-electron chi connectivity index (χ4n) is 4.07. The van der Waals surface area contributed by atoms with E-state index < -0.39 is 22.7 Å². The van der Waals surface area contributed by atoms with Gasteiger partial charge in [-0.3, -0.25) is 19.7 Å². The van der Waals surface area contributed by atoms with Crippen molar-refractivity contribution >= 4 is 29.2 Å². The number of nitro groups is 1. The topological polar surface area (TPSA) is 116 Å². The van der Waals surface area contributed by atoms with Crippen LogP contribution in [0.2, 0.25) is 0 Å². The van der Waals surface area contributed by atoms with Gasteiger partial charge in [0.15, 0.2) is 0 Å². The zero-order valence-electron chi connectivity index (χ0n) is 20.1. The molecule has 0 fully saturated rings. The summed E-state index contributed by atoms with van der Waals surface area (Å²) in [5.41, 5.74) is 2.50. The Hall–Kier alpha value is -5.31. The molecule has 9 nitrogen and oxygen atoms in total. The number of nitro benzene ring substituents is 1. The summed E-state index contributed by atoms with van der Waals surface area (Å²) in [5.74, 6) is -0.711. The molecule has 4 aromatic carbocycles. The number of anilines is 1. The number of rotatable bonds is 7. The first kappa shape index (κ1) is 24.4. The summed E-state index contributed by atoms with van der Waals surface area (Å²) >= 11 is 0. The molecule has 0 radical (unpaired) electrons. The zero-order chi connectivity index (χ0) is 26.8. The van der Waals surface area contributed by atoms with Gasteiger partial charge in [-0.25, -0.2) is 9.69 Å². The number of fused-ring (bicyclic) bond motifs is 1. The van der Waals surface area contributed by atoms with Crippen LogP contribution in [0.4, 0.5) is 11.4 Å². The second-order valence-corrected chi connectivity index (χ2v) is 8.62. The minimum atomic E-state index is -0.649. The quantitative estimate of drug-likeness (QED) is 0.133. The third kappa shape index (κ3) is 4.85. The number of amides is 2. The number of carbonyl (C=O) groups is 3. The number of aryl methyl sites for hydroxylation is 1. The van der Waals surface area contributed by atoms with Crippen LogP contribution in [0.3, 0.4) is 0 Å². The Bertz CT molecular complexity index is 1600. The average Bonchev–Trinajstić information content (AvgIpc) is 3.16. The molecule has 2 amide bonds. The Morgan fingerprint density at radius 2 is 1.58 bits per heavy atom. The number of esters is 1. The number of hydrogen-bond acceptors (Lipinski definition) is 7. The number of carbonyl (C=O) groups excluding carboxylic acids is 3. The largest absolute Gasteiger partial charge is 0.457 e. The first-order chi connectivity index (χ1) is 18.3. The molecule has 4 aromatic rings. The van der Waals surface area contributed by atoms with E-state index in [2.05, 4.69) is 0 Å². The highest BCUT2D eigenvalue weighted by Crippen LogP contribution is 2.30. The van der Waals surface area contributed by atoms with Crippen molar-refractivity contribution in [3.63, 3.8) is 0 Å². The summed E-state index contributed by atoms with van der Waals surface area (Å²) in [4.78, 5) is 50.0. The maximum atomic E-state index is 13.0. The molecule has 1 heterocycles. The summed E-state index contributed by atoms with van der Waals surface area (Å²) in [6.07, 6.45) is 0. The van der Waals surface area contributed by atoms with Crippen molar-refractivity contribution in [2.24, 2.45) is 0 Å². The van der Waals surface area contributed by atoms with E-state index in [4.69, 9.17) is 9.47 Å². The van der Waals surface area contributed by atoms with Gasteiger partial charge in [-0.05, 0) is 72.6 Å². The number of imide groups is 1. The number of hydrogen-bond donors (Lipinski definition) is 0. The van der Waals surface area contributed by atoms with Gasteiger partial charge in [0, 0.05) is 12.1 Å². The van der Waals surface area contributed by atoms with E-state index in [0.717, 1.165) is 10.5 Å². The lowest BCUT2D eigenvalue weighted by molar-refractivity contribution is -0.384. The third-order valence-electron chi connectivity index (χ3n) is 5.93. The van der Waals surface area contributed by atoms with E-state index in [-0.39, 0.29) is 29.0 Å². The lowest BCUT2D eigenvalue weighted by Crippen LogP contribution is -2.29. The van der Waals surface area contributed by atoms with Crippen molar-refractivity contribution in [3.8, 4) is 11.5 Å². The molecule has 0 N–H and O–H groups in total. The SMILES string of the molecule is Cc1cccc(N2C(=O)c3ccc(C(=O)OCc4cccc(Oc5ccc([N+](=O)[O-])cc5)c4)cc3C2=O)c1. The molecule has 0 atom stereocenters. The second kappa shape index (κ2) is 9.98. The Morgan fingerprint density at radius 3 is 2.32 bits per heavy atom. The summed E-state index contributed by atoms with van der Waals surface area (Å²) in [5, 5.41) is 10.8. The first-order valence-electron chi connectivity index (χ1n) is 11.6. The molecule has 1 aliphatic heterocycles. The van der Waals surface area contributed by atoms with Crippen LogP contribution >= 0.6 is 0 Å². The number of nitrogens with zero attached hydrogens (tertiary/aromatic N) is 2. The van der Waals surface area contributed by atoms with Crippen LogP contribution in [0.5, 0.6) is 11.5 Å². The number of non-ortho nitro benzene ring substituents is 1. The number of benzene rings is 4. The van der Waals surface area contributed by atoms with E-state index in [1.54, 1.807) is 42.5 Å². The minimum absolute atomic E-state index is 0.0431. The molecule has 188 valence electrons. The summed E-state index contributed by atoms with van der Waals surface area (Å²) < 4.78 is 11.2. The maximum absolute atomic E-state index is 13.0. The monoisotopic (exact) mass is 508 g/mol. The van der Waals surface area contributed by atoms with Crippen LogP contribution in [0.15, 0.2) is 91.0 Å². The normalized spacial score (nSPS) is 12.3. The van der Waals surface area contributed by atoms with Crippen molar-refractivity contribution in [2.75, 3.05) is 4.90 Å². The molecular weight excluding hydrogens is 488 g/mol. The van der Waals surface area contributed by atoms with Crippen LogP contribution in [-0.4, -0.2) is 22.7 Å². The zero-order valence-corrected chi connectivity index (χ0v) is 20.1. The summed E-state index contributed by atoms with van der Waals surface area (Å²) in [6.45, 7) is 1.81. The van der Waals surface area contributed by atoms with Crippen molar-refractivity contribution in [1.82, 2.24) is 0 Å². The van der Waals surface area contributed by atoms with Crippen LogP contribution in [0, 0.1) is 17.0 Å². The smallest absolute Gasteiger partial charge is 0.338 e. The molecule has 0 unspecified atom stereocenters. The van der Waals surface area contributed by atoms with E-state index in [0.29, 0.717) is 22.7 Å². The van der Waals surface area contributed by atoms with Crippen LogP contribution in [-0.2, 0) is 11.3 Å². The molecule has 0 spiro atoms. The van der Waals surface area contributed by atoms with Gasteiger partial charge in [-0.15, -0.1) is 0 Å². The van der Waals surface area contributed by atoms with Gasteiger partial charge in [0.05, 0.1) is 27.3 Å². The van der Waals surface area contributed by atoms with E-state index in [9.17, 15) is 24.5 Å². The number of ether oxygens (including phenoxy) is 2. The Balaban J connectivity index is 1.26. The van der Waals surface area contributed by atoms with E-state index in [1.165, 1.54) is 42.5 Å². The van der Waals surface area contributed by atoms with Gasteiger partial charge >= 0.3 is 5.97 Å². The van der Waals surface area contributed by atoms with E-state index >= 15 is 0 Å². The molecule has 0 bridgehead atoms. The van der Waals surface area contributed by atoms with Gasteiger partial charge in [-0.2, -0.15) is 0 Å². The Morgan fingerprint density at radius 1 is 0.842 bits per heavy atom. The molecule has 38 heavy (non-hydrogen) atoms. The highest BCUT2D eigenvalue weighted by atomic mass is 16.6. The molecular formula is C29H20N2O7. The van der Waals surface area contributed by atoms with Gasteiger partial charge in [-0.1, -0.05) is 24.3 Å². The van der Waals surface area contributed by atoms with Gasteiger partial charge < -0.3 is 9.47 Å². The van der Waals surface area contributed by atoms with E-state index in [1.807, 2.05) is 13.0 Å². The highest BCUT2D eigenvalue weighted by Gasteiger charge is 2.37. The predicted molar refractivity (Wildman–Crippen MR) is 137 cm³/mol. The van der Waals surface area contributed by atoms with Crippen molar-refractivity contribution < 1.29 is 28.8 Å². The van der Waals surface area contributed by atoms with Crippen molar-refractivity contribution in [2.45, 2.75) is 13.5 Å². The Kier molecular flexibility index (Phi) is 6.40. The van der Waals surface area contributed by atoms with Crippen LogP contribution in [0.25, 0.3) is 0 Å². The molecule has 1 aliphatic rings. The molecule has 0 saturated heterocycles. The molecule has 0 aliphatic carbocycles. The first-order valence-corrected chi connectivity index (χ1v) is 11.6. The summed E-state index contributed by atoms with van der Waals surface area (Å²) in [6, 6.07) is 23.9. The Labute approximate surface area is 217 Å². The lowest BCUT2D eigenvalue weighted by atomic mass is 10.1. The highest BCUT2D eigenvalue weighted by molar-refractivity contribution is 6.34. The van der Waals surface area contributed by atoms with Crippen LogP contribution in [0.1, 0.15) is 42.2 Å². The molecule has 0 saturated carbocycles. The second-order valence-electron chi connectivity index (χ2n) is 8.62. The lowest BCUT2D eigenvalue weighted by Gasteiger charge is -2.14. The average molecular weight is 508 g/mol. The molecule has 9 heteroatoms. The third-order valence-corrected chi connectivity index (χ3v) is 5.93. The van der Waals surface area contributed by atoms with Gasteiger partial charge in [0.2, 0.25) is 0 Å². The fraction of sp³-hybridized carbons (Fsp3) is 0.0690. The van der Waals surface area contributed by atoms with Gasteiger partial charge in [0.1, 0.15) is 18.1 Å². The van der Waals surface area contributed by atoms with Gasteiger partial charge in [0.25, 0.3) is 17.5 Å². The van der Waals surface area contributed by atoms with Crippen molar-refractivity contribution in [3.05, 3.63) is 129 Å². The fourth-order valence-corrected chi connectivity index (χ4v) is 4.07. The summed E-state index contributed by atoms with van der Waals surface area (Å²) in [7, 11) is 0. The minimum Gasteiger partial charge on any atom is -0.457 e. The van der Waals surface area contributed by atoms with Crippen molar-refractivity contribution in [1.29, 1.82) is 0 Å². The standard InChI is InChI=1S/C29H20N2O7/c1-18-4-2-6-22(14-18)30-27(32)25-13-8-20(16-26(25)28(30)33)29(34)37-17-19-5-3-7-24(15-19)38-23-11-9-21(10-12-23)31(35)36/h2-16H,17H2,1H3. The molecule has 0 aromatic heterocycles. The molecule has 5 rings (SSSR count). The maximum Gasteiger partial charge on any atom is 0.338 e.